The predicted molar refractivity (Wildman–Crippen MR) is 60.0 cm³/mol. The maximum atomic E-state index is 13.3. The molecule has 2 rings (SSSR count). The fraction of sp³-hybridized carbons (Fsp3) is 0.250. The van der Waals surface area contributed by atoms with Gasteiger partial charge in [0.2, 0.25) is 5.91 Å². The van der Waals surface area contributed by atoms with E-state index >= 15 is 0 Å². The van der Waals surface area contributed by atoms with E-state index in [4.69, 9.17) is 0 Å². The molecular formula is C12H11FN2O3. The van der Waals surface area contributed by atoms with Gasteiger partial charge in [-0.25, -0.2) is 4.39 Å². The molecule has 18 heavy (non-hydrogen) atoms. The number of hydrogen-bond donors (Lipinski definition) is 1. The molecule has 0 radical (unpaired) electrons. The molecule has 3 amide bonds. The fourth-order valence-electron chi connectivity index (χ4n) is 1.75. The van der Waals surface area contributed by atoms with Crippen LogP contribution in [0.3, 0.4) is 0 Å². The number of hydrogen-bond acceptors (Lipinski definition) is 3. The highest BCUT2D eigenvalue weighted by atomic mass is 19.1. The topological polar surface area (TPSA) is 66.5 Å². The summed E-state index contributed by atoms with van der Waals surface area (Å²) in [5.74, 6) is -2.21. The highest BCUT2D eigenvalue weighted by molar-refractivity contribution is 6.08. The molecule has 1 heterocycles. The minimum Gasteiger partial charge on any atom is -0.340 e. The van der Waals surface area contributed by atoms with Gasteiger partial charge in [0.25, 0.3) is 11.8 Å². The lowest BCUT2D eigenvalue weighted by Crippen LogP contribution is -2.40. The van der Waals surface area contributed by atoms with Crippen molar-refractivity contribution in [2.24, 2.45) is 0 Å². The minimum absolute atomic E-state index is 0.0878. The van der Waals surface area contributed by atoms with Crippen molar-refractivity contribution in [2.75, 3.05) is 7.05 Å². The third kappa shape index (κ3) is 2.09. The van der Waals surface area contributed by atoms with Gasteiger partial charge in [-0.15, -0.1) is 0 Å². The lowest BCUT2D eigenvalue weighted by atomic mass is 10.1. The Hall–Kier alpha value is -2.24. The molecule has 1 aromatic carbocycles. The molecular weight excluding hydrogens is 239 g/mol. The molecule has 0 aliphatic carbocycles. The van der Waals surface area contributed by atoms with E-state index in [-0.39, 0.29) is 17.9 Å². The van der Waals surface area contributed by atoms with Gasteiger partial charge in [-0.2, -0.15) is 0 Å². The van der Waals surface area contributed by atoms with Crippen LogP contribution in [0.4, 0.5) is 4.39 Å². The van der Waals surface area contributed by atoms with Crippen LogP contribution in [0, 0.1) is 5.82 Å². The van der Waals surface area contributed by atoms with E-state index < -0.39 is 23.7 Å². The minimum atomic E-state index is -0.908. The molecule has 1 saturated heterocycles. The predicted octanol–water partition coefficient (Wildman–Crippen LogP) is 0.313. The number of nitrogens with zero attached hydrogens (tertiary/aromatic N) is 1. The number of carbonyl (C=O) groups excluding carboxylic acids is 3. The molecule has 0 spiro atoms. The van der Waals surface area contributed by atoms with Crippen molar-refractivity contribution in [3.8, 4) is 0 Å². The molecule has 1 fully saturated rings. The Bertz CT molecular complexity index is 530. The van der Waals surface area contributed by atoms with Crippen LogP contribution in [0.25, 0.3) is 0 Å². The number of imide groups is 1. The zero-order valence-corrected chi connectivity index (χ0v) is 9.64. The second-order valence-corrected chi connectivity index (χ2v) is 4.00. The Morgan fingerprint density at radius 2 is 2.06 bits per heavy atom. The summed E-state index contributed by atoms with van der Waals surface area (Å²) in [6, 6.07) is 4.54. The summed E-state index contributed by atoms with van der Waals surface area (Å²) in [5, 5.41) is 2.36. The van der Waals surface area contributed by atoms with Crippen molar-refractivity contribution in [1.82, 2.24) is 10.2 Å². The van der Waals surface area contributed by atoms with Crippen LogP contribution in [0.1, 0.15) is 16.8 Å². The first kappa shape index (κ1) is 12.2. The van der Waals surface area contributed by atoms with E-state index in [2.05, 4.69) is 5.32 Å². The maximum absolute atomic E-state index is 13.3. The van der Waals surface area contributed by atoms with Crippen LogP contribution >= 0.6 is 0 Å². The Labute approximate surface area is 103 Å². The number of rotatable bonds is 2. The molecule has 1 unspecified atom stereocenters. The highest BCUT2D eigenvalue weighted by Crippen LogP contribution is 2.12. The molecule has 1 aliphatic rings. The first-order valence-corrected chi connectivity index (χ1v) is 5.36. The van der Waals surface area contributed by atoms with Crippen LogP contribution < -0.4 is 5.32 Å². The average molecular weight is 250 g/mol. The summed E-state index contributed by atoms with van der Waals surface area (Å²) >= 11 is 0. The summed E-state index contributed by atoms with van der Waals surface area (Å²) in [4.78, 5) is 35.5. The van der Waals surface area contributed by atoms with Crippen LogP contribution in [0.15, 0.2) is 24.3 Å². The Morgan fingerprint density at radius 3 is 2.61 bits per heavy atom. The number of nitrogens with one attached hydrogen (secondary N) is 1. The molecule has 1 aliphatic heterocycles. The quantitative estimate of drug-likeness (QED) is 0.768. The normalized spacial score (nSPS) is 19.2. The van der Waals surface area contributed by atoms with E-state index in [9.17, 15) is 18.8 Å². The third-order valence-corrected chi connectivity index (χ3v) is 2.81. The molecule has 1 atom stereocenters. The number of carbonyl (C=O) groups is 3. The zero-order chi connectivity index (χ0) is 13.3. The first-order valence-electron chi connectivity index (χ1n) is 5.36. The van der Waals surface area contributed by atoms with Gasteiger partial charge < -0.3 is 5.32 Å². The Balaban J connectivity index is 2.12. The second kappa shape index (κ2) is 4.56. The number of likely N-dealkylation sites (tertiary alicyclic amines) is 1. The summed E-state index contributed by atoms with van der Waals surface area (Å²) < 4.78 is 13.3. The SMILES string of the molecule is CN1C(=O)CC(NC(=O)c2ccccc2F)C1=O. The van der Waals surface area contributed by atoms with Gasteiger partial charge in [0, 0.05) is 7.05 Å². The molecule has 1 N–H and O–H groups in total. The van der Waals surface area contributed by atoms with Gasteiger partial charge in [-0.05, 0) is 12.1 Å². The average Bonchev–Trinajstić information content (AvgIpc) is 2.57. The molecule has 1 aromatic rings. The number of benzene rings is 1. The summed E-state index contributed by atoms with van der Waals surface area (Å²) in [7, 11) is 1.35. The summed E-state index contributed by atoms with van der Waals surface area (Å²) in [5.41, 5.74) is -0.146. The molecule has 0 bridgehead atoms. The van der Waals surface area contributed by atoms with Crippen molar-refractivity contribution in [3.63, 3.8) is 0 Å². The van der Waals surface area contributed by atoms with Gasteiger partial charge in [-0.1, -0.05) is 12.1 Å². The van der Waals surface area contributed by atoms with Crippen molar-refractivity contribution >= 4 is 17.7 Å². The van der Waals surface area contributed by atoms with Gasteiger partial charge in [-0.3, -0.25) is 19.3 Å². The van der Waals surface area contributed by atoms with E-state index in [1.54, 1.807) is 0 Å². The van der Waals surface area contributed by atoms with Crippen molar-refractivity contribution in [1.29, 1.82) is 0 Å². The first-order chi connectivity index (χ1) is 8.50. The number of amides is 3. The Kier molecular flexibility index (Phi) is 3.10. The van der Waals surface area contributed by atoms with E-state index in [0.29, 0.717) is 0 Å². The van der Waals surface area contributed by atoms with E-state index in [1.807, 2.05) is 0 Å². The molecule has 6 heteroatoms. The summed E-state index contributed by atoms with van der Waals surface area (Å²) in [6.07, 6.45) is -0.0878. The second-order valence-electron chi connectivity index (χ2n) is 4.00. The van der Waals surface area contributed by atoms with Crippen molar-refractivity contribution < 1.29 is 18.8 Å². The van der Waals surface area contributed by atoms with E-state index in [0.717, 1.165) is 11.0 Å². The molecule has 5 nitrogen and oxygen atoms in total. The Morgan fingerprint density at radius 1 is 1.39 bits per heavy atom. The van der Waals surface area contributed by atoms with Gasteiger partial charge in [0.05, 0.1) is 12.0 Å². The third-order valence-electron chi connectivity index (χ3n) is 2.81. The zero-order valence-electron chi connectivity index (χ0n) is 9.64. The van der Waals surface area contributed by atoms with Crippen LogP contribution in [0.2, 0.25) is 0 Å². The van der Waals surface area contributed by atoms with Gasteiger partial charge in [0.1, 0.15) is 11.9 Å². The monoisotopic (exact) mass is 250 g/mol. The molecule has 94 valence electrons. The maximum Gasteiger partial charge on any atom is 0.254 e. The van der Waals surface area contributed by atoms with Crippen LogP contribution in [-0.4, -0.2) is 35.7 Å². The smallest absolute Gasteiger partial charge is 0.254 e. The van der Waals surface area contributed by atoms with Gasteiger partial charge in [0.15, 0.2) is 0 Å². The fourth-order valence-corrected chi connectivity index (χ4v) is 1.75. The standard InChI is InChI=1S/C12H11FN2O3/c1-15-10(16)6-9(12(15)18)14-11(17)7-4-2-3-5-8(7)13/h2-5,9H,6H2,1H3,(H,14,17). The van der Waals surface area contributed by atoms with Gasteiger partial charge >= 0.3 is 0 Å². The lowest BCUT2D eigenvalue weighted by Gasteiger charge is -2.11. The van der Waals surface area contributed by atoms with Crippen molar-refractivity contribution in [2.45, 2.75) is 12.5 Å². The van der Waals surface area contributed by atoms with Crippen LogP contribution in [0.5, 0.6) is 0 Å². The highest BCUT2D eigenvalue weighted by Gasteiger charge is 2.37. The van der Waals surface area contributed by atoms with E-state index in [1.165, 1.54) is 25.2 Å². The largest absolute Gasteiger partial charge is 0.340 e. The molecule has 0 aromatic heterocycles. The summed E-state index contributed by atoms with van der Waals surface area (Å²) in [6.45, 7) is 0. The van der Waals surface area contributed by atoms with Crippen LogP contribution in [-0.2, 0) is 9.59 Å². The lowest BCUT2D eigenvalue weighted by molar-refractivity contribution is -0.137. The van der Waals surface area contributed by atoms with Crippen molar-refractivity contribution in [3.05, 3.63) is 35.6 Å². The number of halogens is 1. The molecule has 0 saturated carbocycles. The number of likely N-dealkylation sites (N-methyl/N-ethyl adjacent to an activating group) is 1.